The van der Waals surface area contributed by atoms with E-state index in [9.17, 15) is 23.9 Å². The van der Waals surface area contributed by atoms with Gasteiger partial charge in [-0.2, -0.15) is 0 Å². The second kappa shape index (κ2) is 6.55. The molecule has 0 saturated carbocycles. The summed E-state index contributed by atoms with van der Waals surface area (Å²) in [6.07, 6.45) is 0.326. The molecule has 3 amide bonds. The fourth-order valence-electron chi connectivity index (χ4n) is 3.06. The molecular formula is C16H17FN2O5S. The molecule has 2 N–H and O–H groups in total. The lowest BCUT2D eigenvalue weighted by atomic mass is 9.90. The maximum atomic E-state index is 14.3. The number of nitrogens with zero attached hydrogens (tertiary/aromatic N) is 1. The number of nitrogens with one attached hydrogen (secondary N) is 1. The largest absolute Gasteiger partial charge is 0.491 e. The summed E-state index contributed by atoms with van der Waals surface area (Å²) in [6.45, 7) is 2.22. The van der Waals surface area contributed by atoms with E-state index in [0.717, 1.165) is 35.2 Å². The second-order valence-corrected chi connectivity index (χ2v) is 7.13. The maximum Gasteiger partial charge on any atom is 0.411 e. The Labute approximate surface area is 147 Å². The van der Waals surface area contributed by atoms with Crippen molar-refractivity contribution in [2.24, 2.45) is 0 Å². The molecular weight excluding hydrogens is 351 g/mol. The van der Waals surface area contributed by atoms with Gasteiger partial charge in [-0.25, -0.2) is 9.18 Å². The smallest absolute Gasteiger partial charge is 0.411 e. The van der Waals surface area contributed by atoms with E-state index < -0.39 is 27.8 Å². The monoisotopic (exact) mass is 368 g/mol. The first kappa shape index (κ1) is 17.5. The molecule has 7 nitrogen and oxygen atoms in total. The predicted octanol–water partition coefficient (Wildman–Crippen LogP) is 3.07. The molecule has 9 heteroatoms. The predicted molar refractivity (Wildman–Crippen MR) is 89.6 cm³/mol. The van der Waals surface area contributed by atoms with Gasteiger partial charge in [0.25, 0.3) is 5.24 Å². The Kier molecular flexibility index (Phi) is 4.59. The van der Waals surface area contributed by atoms with Crippen molar-refractivity contribution in [1.29, 1.82) is 0 Å². The number of halogens is 1. The fraction of sp³-hybridized carbons (Fsp3) is 0.438. The lowest BCUT2D eigenvalue weighted by Gasteiger charge is -2.34. The first-order valence-corrected chi connectivity index (χ1v) is 8.72. The zero-order valence-electron chi connectivity index (χ0n) is 13.5. The molecule has 1 saturated heterocycles. The molecule has 2 aliphatic rings. The third-order valence-electron chi connectivity index (χ3n) is 4.28. The first-order chi connectivity index (χ1) is 11.9. The summed E-state index contributed by atoms with van der Waals surface area (Å²) >= 11 is 0.783. The molecule has 1 unspecified atom stereocenters. The van der Waals surface area contributed by atoms with E-state index >= 15 is 0 Å². The molecule has 1 aromatic rings. The summed E-state index contributed by atoms with van der Waals surface area (Å²) in [5, 5.41) is 11.2. The van der Waals surface area contributed by atoms with Crippen LogP contribution in [0.3, 0.4) is 0 Å². The highest BCUT2D eigenvalue weighted by atomic mass is 32.2. The highest BCUT2D eigenvalue weighted by Gasteiger charge is 2.53. The van der Waals surface area contributed by atoms with Gasteiger partial charge in [0.15, 0.2) is 0 Å². The Hall–Kier alpha value is -2.29. The minimum atomic E-state index is -1.28. The number of rotatable bonds is 4. The lowest BCUT2D eigenvalue weighted by Crippen LogP contribution is -2.40. The number of fused-ring (bicyclic) bond motifs is 2. The standard InChI is InChI=1S/C16H17FN2O5S/c1-2-3-5-19(15(22)23)11-8-9(17)7-10-12(11)24-6-4-16(10)13(20)18-14(21)25-16/h7-8H,2-6H2,1H3,(H,22,23)(H,18,20,21). The third kappa shape index (κ3) is 2.92. The molecule has 25 heavy (non-hydrogen) atoms. The van der Waals surface area contributed by atoms with Gasteiger partial charge in [-0.3, -0.25) is 19.8 Å². The van der Waals surface area contributed by atoms with Crippen molar-refractivity contribution in [3.05, 3.63) is 23.5 Å². The number of carbonyl (C=O) groups is 3. The van der Waals surface area contributed by atoms with Crippen LogP contribution in [0.5, 0.6) is 5.75 Å². The van der Waals surface area contributed by atoms with Crippen molar-refractivity contribution in [3.63, 3.8) is 0 Å². The summed E-state index contributed by atoms with van der Waals surface area (Å²) < 4.78 is 18.6. The Morgan fingerprint density at radius 2 is 2.24 bits per heavy atom. The number of carbonyl (C=O) groups excluding carboxylic acids is 2. The molecule has 1 atom stereocenters. The van der Waals surface area contributed by atoms with Crippen LogP contribution >= 0.6 is 11.8 Å². The number of hydrogen-bond donors (Lipinski definition) is 2. The Bertz CT molecular complexity index is 756. The van der Waals surface area contributed by atoms with Gasteiger partial charge < -0.3 is 9.84 Å². The summed E-state index contributed by atoms with van der Waals surface area (Å²) in [5.41, 5.74) is 0.257. The molecule has 134 valence electrons. The number of unbranched alkanes of at least 4 members (excludes halogenated alkanes) is 1. The van der Waals surface area contributed by atoms with Gasteiger partial charge in [-0.1, -0.05) is 13.3 Å². The van der Waals surface area contributed by atoms with E-state index in [2.05, 4.69) is 5.32 Å². The summed E-state index contributed by atoms with van der Waals surface area (Å²) in [7, 11) is 0. The highest BCUT2D eigenvalue weighted by Crippen LogP contribution is 2.53. The van der Waals surface area contributed by atoms with Crippen LogP contribution in [0.25, 0.3) is 0 Å². The molecule has 1 fully saturated rings. The molecule has 0 radical (unpaired) electrons. The topological polar surface area (TPSA) is 95.9 Å². The average molecular weight is 368 g/mol. The Morgan fingerprint density at radius 3 is 2.84 bits per heavy atom. The van der Waals surface area contributed by atoms with Crippen molar-refractivity contribution < 1.29 is 28.6 Å². The number of anilines is 1. The van der Waals surface area contributed by atoms with E-state index in [1.807, 2.05) is 6.92 Å². The minimum Gasteiger partial charge on any atom is -0.491 e. The van der Waals surface area contributed by atoms with Crippen LogP contribution in [-0.2, 0) is 9.54 Å². The number of hydrogen-bond acceptors (Lipinski definition) is 5. The second-order valence-electron chi connectivity index (χ2n) is 5.86. The number of ether oxygens (including phenoxy) is 1. The molecule has 0 bridgehead atoms. The first-order valence-electron chi connectivity index (χ1n) is 7.90. The van der Waals surface area contributed by atoms with Gasteiger partial charge in [0.05, 0.1) is 12.3 Å². The molecule has 1 aromatic carbocycles. The Morgan fingerprint density at radius 1 is 1.48 bits per heavy atom. The maximum absolute atomic E-state index is 14.3. The normalized spacial score (nSPS) is 21.7. The van der Waals surface area contributed by atoms with Crippen molar-refractivity contribution in [3.8, 4) is 5.75 Å². The van der Waals surface area contributed by atoms with Gasteiger partial charge in [0, 0.05) is 24.6 Å². The quantitative estimate of drug-likeness (QED) is 0.848. The van der Waals surface area contributed by atoms with Crippen LogP contribution in [-0.4, -0.2) is 35.5 Å². The van der Waals surface area contributed by atoms with Gasteiger partial charge >= 0.3 is 6.09 Å². The van der Waals surface area contributed by atoms with E-state index in [4.69, 9.17) is 4.74 Å². The van der Waals surface area contributed by atoms with Crippen molar-refractivity contribution >= 4 is 34.7 Å². The molecule has 3 rings (SSSR count). The van der Waals surface area contributed by atoms with E-state index in [1.165, 1.54) is 0 Å². The van der Waals surface area contributed by atoms with E-state index in [0.29, 0.717) is 6.42 Å². The average Bonchev–Trinajstić information content (AvgIpc) is 2.82. The van der Waals surface area contributed by atoms with Crippen LogP contribution in [0, 0.1) is 5.82 Å². The molecule has 2 heterocycles. The number of amides is 3. The molecule has 0 aromatic heterocycles. The van der Waals surface area contributed by atoms with Crippen LogP contribution in [0.15, 0.2) is 12.1 Å². The molecule has 1 spiro atoms. The zero-order chi connectivity index (χ0) is 18.2. The summed E-state index contributed by atoms with van der Waals surface area (Å²) in [5.74, 6) is -1.07. The van der Waals surface area contributed by atoms with Crippen LogP contribution in [0.4, 0.5) is 19.7 Å². The van der Waals surface area contributed by atoms with E-state index in [1.54, 1.807) is 0 Å². The Balaban J connectivity index is 2.15. The van der Waals surface area contributed by atoms with Crippen LogP contribution in [0.2, 0.25) is 0 Å². The van der Waals surface area contributed by atoms with Crippen molar-refractivity contribution in [2.45, 2.75) is 30.9 Å². The lowest BCUT2D eigenvalue weighted by molar-refractivity contribution is -0.122. The van der Waals surface area contributed by atoms with Crippen molar-refractivity contribution in [2.75, 3.05) is 18.1 Å². The van der Waals surface area contributed by atoms with Gasteiger partial charge in [0.2, 0.25) is 5.91 Å². The third-order valence-corrected chi connectivity index (χ3v) is 5.52. The SMILES string of the molecule is CCCCN(C(=O)O)c1cc(F)cc2c1OCCC21SC(=O)NC1=O. The fourth-order valence-corrected chi connectivity index (χ4v) is 4.11. The van der Waals surface area contributed by atoms with Crippen LogP contribution < -0.4 is 15.0 Å². The van der Waals surface area contributed by atoms with Crippen molar-refractivity contribution in [1.82, 2.24) is 5.32 Å². The number of benzene rings is 1. The molecule has 0 aliphatic carbocycles. The van der Waals surface area contributed by atoms with Gasteiger partial charge in [0.1, 0.15) is 16.3 Å². The summed E-state index contributed by atoms with van der Waals surface area (Å²) in [4.78, 5) is 36.7. The van der Waals surface area contributed by atoms with Gasteiger partial charge in [-0.15, -0.1) is 0 Å². The summed E-state index contributed by atoms with van der Waals surface area (Å²) in [6, 6.07) is 2.23. The number of thioether (sulfide) groups is 1. The van der Waals surface area contributed by atoms with E-state index in [-0.39, 0.29) is 36.6 Å². The van der Waals surface area contributed by atoms with Crippen LogP contribution in [0.1, 0.15) is 31.7 Å². The number of imide groups is 1. The number of carboxylic acid groups (broad SMARTS) is 1. The minimum absolute atomic E-state index is 0.0581. The zero-order valence-corrected chi connectivity index (χ0v) is 14.3. The van der Waals surface area contributed by atoms with Gasteiger partial charge in [-0.05, 0) is 24.2 Å². The molecule has 2 aliphatic heterocycles. The highest BCUT2D eigenvalue weighted by molar-refractivity contribution is 8.15.